The standard InChI is InChI=1S/C47H26B8N2O2/c48-40-39(41(49)43(58)44(59)42(40)50)29-20-23-33-34(24-29)38(27-8-2-1-3-9-27)32-11-5-4-10-31(32)37(33)28-16-14-25(15-17-28)26-18-21-30(22-19-26)57-36-13-7-6-12-35(36)56-45(57)46(51,52)47(53,54)55/h1-24,58-59H. The van der Waals surface area contributed by atoms with Crippen LogP contribution in [0.3, 0.4) is 0 Å². The van der Waals surface area contributed by atoms with E-state index in [9.17, 15) is 10.2 Å². The Hall–Kier alpha value is -6.13. The van der Waals surface area contributed by atoms with Crippen molar-refractivity contribution >= 4 is 112 Å². The van der Waals surface area contributed by atoms with Gasteiger partial charge in [-0.1, -0.05) is 131 Å². The second-order valence-electron chi connectivity index (χ2n) is 14.9. The molecular formula is C47H26B8N2O2. The molecule has 8 aromatic carbocycles. The van der Waals surface area contributed by atoms with Gasteiger partial charge in [-0.25, -0.2) is 4.98 Å². The summed E-state index contributed by atoms with van der Waals surface area (Å²) in [6, 6.07) is 48.4. The average Bonchev–Trinajstić information content (AvgIpc) is 3.65. The molecule has 9 aromatic rings. The highest BCUT2D eigenvalue weighted by atomic mass is 16.3. The molecule has 0 bridgehead atoms. The van der Waals surface area contributed by atoms with Crippen molar-refractivity contribution in [3.63, 3.8) is 0 Å². The smallest absolute Gasteiger partial charge is 0.150 e. The predicted octanol–water partition coefficient (Wildman–Crippen LogP) is 5.86. The van der Waals surface area contributed by atoms with Gasteiger partial charge in [-0.15, -0.1) is 5.11 Å². The molecule has 0 saturated carbocycles. The minimum absolute atomic E-state index is 0.0613. The molecule has 260 valence electrons. The van der Waals surface area contributed by atoms with Crippen molar-refractivity contribution in [1.82, 2.24) is 9.55 Å². The molecule has 0 fully saturated rings. The number of para-hydroxylation sites is 2. The SMILES string of the molecule is [B]c1c([B])c(-c2ccc3c(-c4ccc(-c5ccc(-n6c(C([B])([B])C([B])([B])[B])nc7ccccc76)cc5)cc4)c4ccccc4c(-c4ccccc4)c3c2)c([B])c(O)c1O. The van der Waals surface area contributed by atoms with Crippen molar-refractivity contribution in [2.75, 3.05) is 0 Å². The molecule has 0 amide bonds. The van der Waals surface area contributed by atoms with Gasteiger partial charge in [0.05, 0.1) is 50.3 Å². The van der Waals surface area contributed by atoms with Crippen molar-refractivity contribution in [3.8, 4) is 61.7 Å². The molecule has 16 radical (unpaired) electrons. The van der Waals surface area contributed by atoms with Gasteiger partial charge >= 0.3 is 0 Å². The van der Waals surface area contributed by atoms with E-state index in [0.717, 1.165) is 66.1 Å². The topological polar surface area (TPSA) is 58.3 Å². The predicted molar refractivity (Wildman–Crippen MR) is 250 cm³/mol. The van der Waals surface area contributed by atoms with E-state index in [-0.39, 0.29) is 22.2 Å². The zero-order chi connectivity index (χ0) is 41.4. The Morgan fingerprint density at radius 1 is 0.441 bits per heavy atom. The number of phenolic OH excluding ortho intramolecular Hbond substituents is 2. The highest BCUT2D eigenvalue weighted by Gasteiger charge is 2.36. The van der Waals surface area contributed by atoms with E-state index >= 15 is 0 Å². The van der Waals surface area contributed by atoms with Gasteiger partial charge in [-0.2, -0.15) is 0 Å². The van der Waals surface area contributed by atoms with Crippen LogP contribution in [-0.4, -0.2) is 82.5 Å². The summed E-state index contributed by atoms with van der Waals surface area (Å²) in [5, 5.41) is 21.3. The van der Waals surface area contributed by atoms with E-state index in [1.54, 1.807) is 0 Å². The van der Waals surface area contributed by atoms with E-state index < -0.39 is 21.8 Å². The first-order valence-corrected chi connectivity index (χ1v) is 18.8. The van der Waals surface area contributed by atoms with Gasteiger partial charge < -0.3 is 10.2 Å². The zero-order valence-corrected chi connectivity index (χ0v) is 31.8. The Kier molecular flexibility index (Phi) is 9.31. The number of aromatic hydroxyl groups is 2. The zero-order valence-electron chi connectivity index (χ0n) is 31.8. The molecule has 0 aliphatic carbocycles. The summed E-state index contributed by atoms with van der Waals surface area (Å²) < 4.78 is 1.83. The first-order chi connectivity index (χ1) is 28.3. The number of aromatic nitrogens is 2. The van der Waals surface area contributed by atoms with Crippen LogP contribution in [0.1, 0.15) is 5.82 Å². The lowest BCUT2D eigenvalue weighted by Gasteiger charge is -2.41. The van der Waals surface area contributed by atoms with Gasteiger partial charge in [0.1, 0.15) is 40.9 Å². The number of phenols is 2. The first-order valence-electron chi connectivity index (χ1n) is 18.8. The fourth-order valence-electron chi connectivity index (χ4n) is 8.04. The maximum absolute atomic E-state index is 10.7. The molecule has 1 aromatic heterocycles. The van der Waals surface area contributed by atoms with Crippen molar-refractivity contribution in [2.24, 2.45) is 0 Å². The van der Waals surface area contributed by atoms with Gasteiger partial charge in [0.2, 0.25) is 0 Å². The normalized spacial score (nSPS) is 12.1. The highest BCUT2D eigenvalue weighted by Crippen LogP contribution is 2.45. The summed E-state index contributed by atoms with van der Waals surface area (Å²) >= 11 is 0. The molecule has 0 aliphatic rings. The van der Waals surface area contributed by atoms with Crippen LogP contribution in [0.25, 0.3) is 82.8 Å². The second-order valence-corrected chi connectivity index (χ2v) is 14.9. The van der Waals surface area contributed by atoms with Crippen LogP contribution in [0.2, 0.25) is 5.11 Å². The van der Waals surface area contributed by atoms with Gasteiger partial charge in [-0.3, -0.25) is 4.57 Å². The van der Waals surface area contributed by atoms with Crippen LogP contribution in [0.15, 0.2) is 146 Å². The minimum Gasteiger partial charge on any atom is -0.505 e. The third-order valence-electron chi connectivity index (χ3n) is 11.2. The van der Waals surface area contributed by atoms with Gasteiger partial charge in [0.15, 0.2) is 0 Å². The molecular weight excluding hydrogens is 711 g/mol. The van der Waals surface area contributed by atoms with Crippen molar-refractivity contribution in [1.29, 1.82) is 0 Å². The Labute approximate surface area is 353 Å². The van der Waals surface area contributed by atoms with E-state index in [0.29, 0.717) is 16.6 Å². The fraction of sp³-hybridized carbons (Fsp3) is 0.0426. The summed E-state index contributed by atoms with van der Waals surface area (Å²) in [5.41, 5.74) is 9.13. The molecule has 0 spiro atoms. The molecule has 2 N–H and O–H groups in total. The van der Waals surface area contributed by atoms with Gasteiger partial charge in [0.25, 0.3) is 0 Å². The number of rotatable bonds is 7. The van der Waals surface area contributed by atoms with E-state index in [4.69, 9.17) is 62.8 Å². The molecule has 1 heterocycles. The Morgan fingerprint density at radius 2 is 0.932 bits per heavy atom. The quantitative estimate of drug-likeness (QED) is 0.123. The maximum Gasteiger partial charge on any atom is 0.150 e. The van der Waals surface area contributed by atoms with Gasteiger partial charge in [-0.05, 0) is 102 Å². The summed E-state index contributed by atoms with van der Waals surface area (Å²) in [6.07, 6.45) is 0. The third kappa shape index (κ3) is 6.23. The molecule has 0 unspecified atom stereocenters. The number of nitrogens with zero attached hydrogens (tertiary/aromatic N) is 2. The van der Waals surface area contributed by atoms with E-state index in [2.05, 4.69) is 53.5 Å². The van der Waals surface area contributed by atoms with Crippen LogP contribution >= 0.6 is 0 Å². The number of imidazole rings is 1. The number of benzene rings is 8. The molecule has 9 rings (SSSR count). The summed E-state index contributed by atoms with van der Waals surface area (Å²) in [5.74, 6) is -0.835. The summed E-state index contributed by atoms with van der Waals surface area (Å²) in [4.78, 5) is 4.69. The monoisotopic (exact) mass is 738 g/mol. The highest BCUT2D eigenvalue weighted by molar-refractivity contribution is 6.67. The molecule has 0 saturated heterocycles. The molecule has 12 heteroatoms. The summed E-state index contributed by atoms with van der Waals surface area (Å²) in [6.45, 7) is 0. The van der Waals surface area contributed by atoms with Gasteiger partial charge in [0, 0.05) is 5.69 Å². The molecule has 4 nitrogen and oxygen atoms in total. The molecule has 59 heavy (non-hydrogen) atoms. The number of hydrogen-bond acceptors (Lipinski definition) is 3. The van der Waals surface area contributed by atoms with E-state index in [1.807, 2.05) is 102 Å². The Balaban J connectivity index is 1.18. The van der Waals surface area contributed by atoms with Crippen LogP contribution in [0.5, 0.6) is 11.5 Å². The largest absolute Gasteiger partial charge is 0.505 e. The number of hydrogen-bond donors (Lipinski definition) is 2. The first kappa shape index (κ1) is 38.4. The summed E-state index contributed by atoms with van der Waals surface area (Å²) in [7, 11) is 50.0. The lowest BCUT2D eigenvalue weighted by atomic mass is 9.23. The Bertz CT molecular complexity index is 3080. The van der Waals surface area contributed by atoms with Crippen molar-refractivity contribution in [3.05, 3.63) is 151 Å². The van der Waals surface area contributed by atoms with Crippen molar-refractivity contribution in [2.45, 2.75) is 10.3 Å². The molecule has 0 atom stereocenters. The maximum atomic E-state index is 10.7. The Morgan fingerprint density at radius 3 is 1.58 bits per heavy atom. The fourth-order valence-corrected chi connectivity index (χ4v) is 8.04. The third-order valence-corrected chi connectivity index (χ3v) is 11.2. The minimum atomic E-state index is -1.96. The molecule has 0 aliphatic heterocycles. The van der Waals surface area contributed by atoms with Crippen LogP contribution in [-0.2, 0) is 5.21 Å². The number of fused-ring (bicyclic) bond motifs is 3. The lowest BCUT2D eigenvalue weighted by Crippen LogP contribution is -2.45. The van der Waals surface area contributed by atoms with E-state index in [1.165, 1.54) is 0 Å². The van der Waals surface area contributed by atoms with Crippen LogP contribution in [0, 0.1) is 0 Å². The average molecular weight is 737 g/mol. The van der Waals surface area contributed by atoms with Crippen LogP contribution < -0.4 is 16.4 Å². The van der Waals surface area contributed by atoms with Crippen molar-refractivity contribution < 1.29 is 10.2 Å². The lowest BCUT2D eigenvalue weighted by molar-refractivity contribution is 0.410. The van der Waals surface area contributed by atoms with Crippen LogP contribution in [0.4, 0.5) is 0 Å². The second kappa shape index (κ2) is 14.3.